The van der Waals surface area contributed by atoms with Gasteiger partial charge in [-0.25, -0.2) is 4.79 Å². The van der Waals surface area contributed by atoms with Crippen molar-refractivity contribution in [2.75, 3.05) is 23.8 Å². The predicted octanol–water partition coefficient (Wildman–Crippen LogP) is 5.36. The Morgan fingerprint density at radius 1 is 0.917 bits per heavy atom. The van der Waals surface area contributed by atoms with Gasteiger partial charge >= 0.3 is 6.03 Å². The smallest absolute Gasteiger partial charge is 0.319 e. The van der Waals surface area contributed by atoms with Crippen molar-refractivity contribution in [3.05, 3.63) is 53.6 Å². The van der Waals surface area contributed by atoms with Crippen molar-refractivity contribution in [3.63, 3.8) is 0 Å². The fraction of sp³-hybridized carbons (Fsp3) is 0.517. The molecule has 2 saturated heterocycles. The summed E-state index contributed by atoms with van der Waals surface area (Å²) in [6.45, 7) is 7.11. The Bertz CT molecular complexity index is 1020. The van der Waals surface area contributed by atoms with Crippen LogP contribution in [0, 0.1) is 0 Å². The molecule has 2 aliphatic heterocycles. The summed E-state index contributed by atoms with van der Waals surface area (Å²) in [6, 6.07) is 14.2. The van der Waals surface area contributed by atoms with E-state index in [0.29, 0.717) is 36.7 Å². The van der Waals surface area contributed by atoms with Crippen molar-refractivity contribution < 1.29 is 14.3 Å². The van der Waals surface area contributed by atoms with Crippen LogP contribution in [0.15, 0.2) is 42.5 Å². The second kappa shape index (κ2) is 12.3. The number of amides is 3. The maximum atomic E-state index is 13.2. The molecule has 0 radical (unpaired) electrons. The molecule has 3 amide bonds. The summed E-state index contributed by atoms with van der Waals surface area (Å²) >= 11 is 0. The number of hydrogen-bond donors (Lipinski definition) is 3. The maximum absolute atomic E-state index is 13.2. The standard InChI is InChI=1S/C29H40N4O3/c1-4-20-11-9-12-21(5-2)28(20)32-27(34)19-33-23-13-10-14-24(33)18-22(17-23)30-29(35)31-25-15-7-8-16-26(25)36-6-3/h7-9,11-12,15-16,22-24H,4-6,10,13-14,17-19H2,1-3H3,(H,32,34)(H2,30,31,35)/t23-,24-/m0/s1. The van der Waals surface area contributed by atoms with Crippen LogP contribution in [0.1, 0.15) is 64.0 Å². The molecule has 2 heterocycles. The first-order chi connectivity index (χ1) is 17.5. The number of nitrogens with one attached hydrogen (secondary N) is 3. The van der Waals surface area contributed by atoms with Gasteiger partial charge in [0.2, 0.25) is 5.91 Å². The topological polar surface area (TPSA) is 82.7 Å². The summed E-state index contributed by atoms with van der Waals surface area (Å²) in [6.07, 6.45) is 6.79. The lowest BCUT2D eigenvalue weighted by Gasteiger charge is -2.48. The van der Waals surface area contributed by atoms with E-state index in [2.05, 4.69) is 52.9 Å². The summed E-state index contributed by atoms with van der Waals surface area (Å²) in [7, 11) is 0. The maximum Gasteiger partial charge on any atom is 0.319 e. The van der Waals surface area contributed by atoms with Crippen molar-refractivity contribution in [2.45, 2.75) is 83.8 Å². The van der Waals surface area contributed by atoms with E-state index in [4.69, 9.17) is 4.74 Å². The molecule has 2 bridgehead atoms. The van der Waals surface area contributed by atoms with E-state index < -0.39 is 0 Å². The number of ether oxygens (including phenoxy) is 1. The molecule has 2 aromatic rings. The molecule has 7 nitrogen and oxygen atoms in total. The first kappa shape index (κ1) is 26.0. The van der Waals surface area contributed by atoms with Crippen LogP contribution in [0.4, 0.5) is 16.2 Å². The van der Waals surface area contributed by atoms with Crippen LogP contribution in [-0.2, 0) is 17.6 Å². The summed E-state index contributed by atoms with van der Waals surface area (Å²) < 4.78 is 5.62. The monoisotopic (exact) mass is 492 g/mol. The number of piperidine rings is 2. The average Bonchev–Trinajstić information content (AvgIpc) is 2.86. The van der Waals surface area contributed by atoms with E-state index >= 15 is 0 Å². The van der Waals surface area contributed by atoms with E-state index in [1.807, 2.05) is 31.2 Å². The lowest BCUT2D eigenvalue weighted by atomic mass is 9.81. The van der Waals surface area contributed by atoms with Gasteiger partial charge in [0, 0.05) is 23.8 Å². The molecule has 0 spiro atoms. The van der Waals surface area contributed by atoms with Crippen LogP contribution >= 0.6 is 0 Å². The van der Waals surface area contributed by atoms with E-state index in [1.54, 1.807) is 0 Å². The highest BCUT2D eigenvalue weighted by Gasteiger charge is 2.39. The number of hydrogen-bond acceptors (Lipinski definition) is 4. The third kappa shape index (κ3) is 6.19. The third-order valence-electron chi connectivity index (χ3n) is 7.49. The molecule has 2 fully saturated rings. The number of para-hydroxylation sites is 3. The molecule has 36 heavy (non-hydrogen) atoms. The number of rotatable bonds is 9. The van der Waals surface area contributed by atoms with Crippen LogP contribution in [0.5, 0.6) is 5.75 Å². The van der Waals surface area contributed by atoms with Gasteiger partial charge < -0.3 is 20.7 Å². The van der Waals surface area contributed by atoms with E-state index in [0.717, 1.165) is 44.2 Å². The van der Waals surface area contributed by atoms with Gasteiger partial charge in [0.15, 0.2) is 0 Å². The molecule has 0 unspecified atom stereocenters. The Balaban J connectivity index is 1.35. The summed E-state index contributed by atoms with van der Waals surface area (Å²) in [5.74, 6) is 0.725. The zero-order valence-corrected chi connectivity index (χ0v) is 21.8. The van der Waals surface area contributed by atoms with Gasteiger partial charge in [0.05, 0.1) is 18.8 Å². The van der Waals surface area contributed by atoms with Crippen LogP contribution in [0.25, 0.3) is 0 Å². The first-order valence-corrected chi connectivity index (χ1v) is 13.5. The fourth-order valence-electron chi connectivity index (χ4n) is 5.80. The highest BCUT2D eigenvalue weighted by Crippen LogP contribution is 2.34. The first-order valence-electron chi connectivity index (χ1n) is 13.5. The van der Waals surface area contributed by atoms with Crippen LogP contribution in [-0.4, -0.2) is 48.1 Å². The van der Waals surface area contributed by atoms with Crippen molar-refractivity contribution in [1.29, 1.82) is 0 Å². The second-order valence-electron chi connectivity index (χ2n) is 9.81. The molecular weight excluding hydrogens is 452 g/mol. The summed E-state index contributed by atoms with van der Waals surface area (Å²) in [4.78, 5) is 28.3. The summed E-state index contributed by atoms with van der Waals surface area (Å²) in [5.41, 5.74) is 4.02. The third-order valence-corrected chi connectivity index (χ3v) is 7.49. The molecule has 2 aromatic carbocycles. The number of carbonyl (C=O) groups is 2. The predicted molar refractivity (Wildman–Crippen MR) is 145 cm³/mol. The van der Waals surface area contributed by atoms with Crippen molar-refractivity contribution >= 4 is 23.3 Å². The van der Waals surface area contributed by atoms with Gasteiger partial charge in [0.1, 0.15) is 5.75 Å². The Hall–Kier alpha value is -3.06. The second-order valence-corrected chi connectivity index (χ2v) is 9.81. The molecule has 4 rings (SSSR count). The van der Waals surface area contributed by atoms with Gasteiger partial charge in [-0.2, -0.15) is 0 Å². The van der Waals surface area contributed by atoms with Crippen molar-refractivity contribution in [1.82, 2.24) is 10.2 Å². The van der Waals surface area contributed by atoms with Crippen LogP contribution in [0.3, 0.4) is 0 Å². The van der Waals surface area contributed by atoms with Gasteiger partial charge in [-0.3, -0.25) is 9.69 Å². The summed E-state index contributed by atoms with van der Waals surface area (Å²) in [5, 5.41) is 9.36. The van der Waals surface area contributed by atoms with E-state index in [-0.39, 0.29) is 18.0 Å². The van der Waals surface area contributed by atoms with Crippen LogP contribution in [0.2, 0.25) is 0 Å². The number of carbonyl (C=O) groups excluding carboxylic acids is 2. The number of urea groups is 1. The normalized spacial score (nSPS) is 21.5. The molecule has 0 aromatic heterocycles. The number of anilines is 2. The van der Waals surface area contributed by atoms with E-state index in [9.17, 15) is 9.59 Å². The molecule has 7 heteroatoms. The molecular formula is C29H40N4O3. The molecule has 0 saturated carbocycles. The lowest BCUT2D eigenvalue weighted by molar-refractivity contribution is -0.120. The molecule has 3 N–H and O–H groups in total. The zero-order chi connectivity index (χ0) is 25.5. The van der Waals surface area contributed by atoms with Gasteiger partial charge in [-0.1, -0.05) is 50.6 Å². The lowest BCUT2D eigenvalue weighted by Crippen LogP contribution is -2.58. The van der Waals surface area contributed by atoms with Crippen molar-refractivity contribution in [3.8, 4) is 5.75 Å². The van der Waals surface area contributed by atoms with Crippen molar-refractivity contribution in [2.24, 2.45) is 0 Å². The van der Waals surface area contributed by atoms with E-state index in [1.165, 1.54) is 17.5 Å². The minimum absolute atomic E-state index is 0.0548. The molecule has 2 aliphatic rings. The fourth-order valence-corrected chi connectivity index (χ4v) is 5.80. The average molecular weight is 493 g/mol. The molecule has 194 valence electrons. The van der Waals surface area contributed by atoms with Gasteiger partial charge in [-0.15, -0.1) is 0 Å². The Labute approximate surface area is 215 Å². The minimum atomic E-state index is -0.209. The number of fused-ring (bicyclic) bond motifs is 2. The highest BCUT2D eigenvalue weighted by atomic mass is 16.5. The van der Waals surface area contributed by atoms with Gasteiger partial charge in [-0.05, 0) is 68.7 Å². The SMILES string of the molecule is CCOc1ccccc1NC(=O)NC1C[C@@H]2CCC[C@@H](C1)N2CC(=O)Nc1c(CC)cccc1CC. The Kier molecular flexibility index (Phi) is 8.86. The molecule has 2 atom stereocenters. The Morgan fingerprint density at radius 2 is 1.58 bits per heavy atom. The zero-order valence-electron chi connectivity index (χ0n) is 21.8. The number of benzene rings is 2. The van der Waals surface area contributed by atoms with Gasteiger partial charge in [0.25, 0.3) is 0 Å². The quantitative estimate of drug-likeness (QED) is 0.440. The number of nitrogens with zero attached hydrogens (tertiary/aromatic N) is 1. The van der Waals surface area contributed by atoms with Crippen LogP contribution < -0.4 is 20.7 Å². The highest BCUT2D eigenvalue weighted by molar-refractivity contribution is 5.94. The Morgan fingerprint density at radius 3 is 2.22 bits per heavy atom. The minimum Gasteiger partial charge on any atom is -0.492 e. The molecule has 0 aliphatic carbocycles. The largest absolute Gasteiger partial charge is 0.492 e. The number of aryl methyl sites for hydroxylation is 2.